The molecule has 0 heteroatoms. The smallest absolute Gasteiger partial charge is 0.00584 e. The molecule has 3 aliphatic carbocycles. The minimum Gasteiger partial charge on any atom is -0.0949 e. The molecule has 0 aliphatic heterocycles. The first-order valence-electron chi connectivity index (χ1n) is 2.94. The summed E-state index contributed by atoms with van der Waals surface area (Å²) in [6.07, 6.45) is 7.74. The van der Waals surface area contributed by atoms with Gasteiger partial charge in [0.1, 0.15) is 0 Å². The number of rotatable bonds is 0. The summed E-state index contributed by atoms with van der Waals surface area (Å²) >= 11 is 0. The summed E-state index contributed by atoms with van der Waals surface area (Å²) in [5, 5.41) is 0. The van der Waals surface area contributed by atoms with Gasteiger partial charge in [-0.15, -0.1) is 0 Å². The Bertz CT molecular complexity index is 194. The second kappa shape index (κ2) is 1.13. The van der Waals surface area contributed by atoms with Crippen molar-refractivity contribution in [2.45, 2.75) is 6.42 Å². The van der Waals surface area contributed by atoms with Crippen LogP contribution in [0.3, 0.4) is 0 Å². The molecule has 1 unspecified atom stereocenters. The lowest BCUT2D eigenvalue weighted by atomic mass is 9.72. The van der Waals surface area contributed by atoms with E-state index in [0.29, 0.717) is 5.92 Å². The molecule has 0 heterocycles. The Balaban J connectivity index is 2.46. The van der Waals surface area contributed by atoms with E-state index in [9.17, 15) is 0 Å². The molecule has 0 aromatic rings. The van der Waals surface area contributed by atoms with Crippen molar-refractivity contribution in [1.82, 2.24) is 0 Å². The highest BCUT2D eigenvalue weighted by Gasteiger charge is 2.26. The highest BCUT2D eigenvalue weighted by Crippen LogP contribution is 2.41. The molecule has 0 radical (unpaired) electrons. The molecule has 3 aliphatic rings. The van der Waals surface area contributed by atoms with E-state index in [4.69, 9.17) is 0 Å². The molecule has 0 aromatic carbocycles. The number of hydrogen-bond donors (Lipinski definition) is 0. The first-order chi connectivity index (χ1) is 3.88. The fraction of sp³-hybridized carbons (Fsp3) is 0.250. The lowest BCUT2D eigenvalue weighted by molar-refractivity contribution is 0.649. The van der Waals surface area contributed by atoms with E-state index in [1.165, 1.54) is 17.6 Å². The lowest BCUT2D eigenvalue weighted by Crippen LogP contribution is -2.18. The highest BCUT2D eigenvalue weighted by atomic mass is 14.3. The minimum absolute atomic E-state index is 0.704. The van der Waals surface area contributed by atoms with Crippen LogP contribution in [-0.2, 0) is 0 Å². The average molecular weight is 104 g/mol. The Morgan fingerprint density at radius 1 is 1.62 bits per heavy atom. The first-order valence-corrected chi connectivity index (χ1v) is 2.94. The molecule has 2 bridgehead atoms. The zero-order valence-electron chi connectivity index (χ0n) is 4.72. The summed E-state index contributed by atoms with van der Waals surface area (Å²) < 4.78 is 0. The van der Waals surface area contributed by atoms with Crippen molar-refractivity contribution in [1.29, 1.82) is 0 Å². The minimum atomic E-state index is 0.704. The fourth-order valence-electron chi connectivity index (χ4n) is 1.26. The van der Waals surface area contributed by atoms with Gasteiger partial charge in [-0.3, -0.25) is 0 Å². The van der Waals surface area contributed by atoms with Crippen molar-refractivity contribution < 1.29 is 0 Å². The molecule has 8 heavy (non-hydrogen) atoms. The van der Waals surface area contributed by atoms with Crippen LogP contribution in [0.1, 0.15) is 6.42 Å². The van der Waals surface area contributed by atoms with Gasteiger partial charge in [0.05, 0.1) is 0 Å². The maximum absolute atomic E-state index is 3.93. The molecule has 0 amide bonds. The molecule has 1 fully saturated rings. The third kappa shape index (κ3) is 0.313. The second-order valence-corrected chi connectivity index (χ2v) is 2.41. The molecule has 0 N–H and O–H groups in total. The van der Waals surface area contributed by atoms with Crippen LogP contribution in [0.25, 0.3) is 0 Å². The van der Waals surface area contributed by atoms with Crippen LogP contribution in [0, 0.1) is 5.92 Å². The van der Waals surface area contributed by atoms with Crippen molar-refractivity contribution in [3.05, 3.63) is 36.0 Å². The SMILES string of the molecule is C=C1C2=CC=CC1C2. The maximum Gasteiger partial charge on any atom is 0.00584 e. The number of allylic oxidation sites excluding steroid dienone is 5. The molecule has 0 aromatic heterocycles. The van der Waals surface area contributed by atoms with E-state index >= 15 is 0 Å². The van der Waals surface area contributed by atoms with Gasteiger partial charge in [0.15, 0.2) is 0 Å². The van der Waals surface area contributed by atoms with Crippen LogP contribution in [0.5, 0.6) is 0 Å². The molecule has 3 rings (SSSR count). The van der Waals surface area contributed by atoms with Crippen molar-refractivity contribution in [2.75, 3.05) is 0 Å². The van der Waals surface area contributed by atoms with Crippen molar-refractivity contribution >= 4 is 0 Å². The Kier molecular flexibility index (Phi) is 0.587. The summed E-state index contributed by atoms with van der Waals surface area (Å²) in [4.78, 5) is 0. The quantitative estimate of drug-likeness (QED) is 0.441. The zero-order chi connectivity index (χ0) is 5.56. The van der Waals surface area contributed by atoms with Gasteiger partial charge in [-0.25, -0.2) is 0 Å². The molecule has 0 spiro atoms. The standard InChI is InChI=1S/C8H8/c1-6-7-3-2-4-8(6)5-7/h2-4,7H,1,5H2. The van der Waals surface area contributed by atoms with Gasteiger partial charge in [-0.1, -0.05) is 24.8 Å². The third-order valence-electron chi connectivity index (χ3n) is 1.94. The Hall–Kier alpha value is -0.780. The molecule has 1 atom stereocenters. The van der Waals surface area contributed by atoms with E-state index in [0.717, 1.165) is 0 Å². The first kappa shape index (κ1) is 4.13. The van der Waals surface area contributed by atoms with Gasteiger partial charge < -0.3 is 0 Å². The van der Waals surface area contributed by atoms with Crippen molar-refractivity contribution in [2.24, 2.45) is 5.92 Å². The van der Waals surface area contributed by atoms with Gasteiger partial charge in [-0.2, -0.15) is 0 Å². The normalized spacial score (nSPS) is 31.8. The van der Waals surface area contributed by atoms with Crippen LogP contribution in [-0.4, -0.2) is 0 Å². The summed E-state index contributed by atoms with van der Waals surface area (Å²) in [6.45, 7) is 3.93. The molecule has 40 valence electrons. The highest BCUT2D eigenvalue weighted by molar-refractivity contribution is 5.49. The Morgan fingerprint density at radius 2 is 2.50 bits per heavy atom. The monoisotopic (exact) mass is 104 g/mol. The van der Waals surface area contributed by atoms with Gasteiger partial charge in [-0.05, 0) is 17.6 Å². The van der Waals surface area contributed by atoms with Crippen molar-refractivity contribution in [3.63, 3.8) is 0 Å². The van der Waals surface area contributed by atoms with Gasteiger partial charge in [0.2, 0.25) is 0 Å². The Morgan fingerprint density at radius 3 is 2.75 bits per heavy atom. The Labute approximate surface area is 49.2 Å². The van der Waals surface area contributed by atoms with Gasteiger partial charge in [0, 0.05) is 5.92 Å². The van der Waals surface area contributed by atoms with Crippen LogP contribution in [0.2, 0.25) is 0 Å². The lowest BCUT2D eigenvalue weighted by Gasteiger charge is -2.32. The van der Waals surface area contributed by atoms with E-state index in [1.807, 2.05) is 0 Å². The van der Waals surface area contributed by atoms with Crippen LogP contribution in [0.15, 0.2) is 36.0 Å². The second-order valence-electron chi connectivity index (χ2n) is 2.41. The summed E-state index contributed by atoms with van der Waals surface area (Å²) in [6, 6.07) is 0. The van der Waals surface area contributed by atoms with E-state index < -0.39 is 0 Å². The third-order valence-corrected chi connectivity index (χ3v) is 1.94. The number of hydrogen-bond acceptors (Lipinski definition) is 0. The summed E-state index contributed by atoms with van der Waals surface area (Å²) in [5.41, 5.74) is 2.80. The van der Waals surface area contributed by atoms with Gasteiger partial charge in [0.25, 0.3) is 0 Å². The molecular weight excluding hydrogens is 96.1 g/mol. The predicted molar refractivity (Wildman–Crippen MR) is 34.5 cm³/mol. The van der Waals surface area contributed by atoms with E-state index in [2.05, 4.69) is 24.8 Å². The zero-order valence-corrected chi connectivity index (χ0v) is 4.72. The maximum atomic E-state index is 3.93. The van der Waals surface area contributed by atoms with Crippen molar-refractivity contribution in [3.8, 4) is 0 Å². The van der Waals surface area contributed by atoms with Crippen LogP contribution < -0.4 is 0 Å². The van der Waals surface area contributed by atoms with Crippen LogP contribution >= 0.6 is 0 Å². The average Bonchev–Trinajstić information content (AvgIpc) is 1.89. The molecule has 0 saturated heterocycles. The fourth-order valence-corrected chi connectivity index (χ4v) is 1.26. The summed E-state index contributed by atoms with van der Waals surface area (Å²) in [7, 11) is 0. The van der Waals surface area contributed by atoms with Crippen LogP contribution in [0.4, 0.5) is 0 Å². The predicted octanol–water partition coefficient (Wildman–Crippen LogP) is 2.06. The van der Waals surface area contributed by atoms with E-state index in [-0.39, 0.29) is 0 Å². The topological polar surface area (TPSA) is 0 Å². The molecular formula is C8H8. The van der Waals surface area contributed by atoms with Gasteiger partial charge >= 0.3 is 0 Å². The molecule has 0 nitrogen and oxygen atoms in total. The largest absolute Gasteiger partial charge is 0.0949 e. The van der Waals surface area contributed by atoms with E-state index in [1.54, 1.807) is 0 Å². The summed E-state index contributed by atoms with van der Waals surface area (Å²) in [5.74, 6) is 0.704. The molecule has 1 saturated carbocycles. The number of fused-ring (bicyclic) bond motifs is 1.